The van der Waals surface area contributed by atoms with E-state index in [4.69, 9.17) is 0 Å². The zero-order valence-corrected chi connectivity index (χ0v) is 15.4. The number of nitrogens with zero attached hydrogens (tertiary/aromatic N) is 4. The molecular weight excluding hydrogens is 332 g/mol. The van der Waals surface area contributed by atoms with Gasteiger partial charge in [0.2, 0.25) is 5.95 Å². The van der Waals surface area contributed by atoms with Crippen molar-refractivity contribution in [3.8, 4) is 0 Å². The molecule has 1 aromatic carbocycles. The van der Waals surface area contributed by atoms with Crippen LogP contribution >= 0.6 is 11.8 Å². The fraction of sp³-hybridized carbons (Fsp3) is 0.526. The Labute approximate surface area is 152 Å². The molecule has 2 aliphatic rings. The maximum Gasteiger partial charge on any atom is 0.228 e. The lowest BCUT2D eigenvalue weighted by atomic mass is 10.00. The van der Waals surface area contributed by atoms with Crippen LogP contribution in [0.2, 0.25) is 0 Å². The highest BCUT2D eigenvalue weighted by atomic mass is 32.2. The number of rotatable bonds is 6. The number of ketones is 1. The highest BCUT2D eigenvalue weighted by Gasteiger charge is 2.32. The zero-order chi connectivity index (χ0) is 17.2. The van der Waals surface area contributed by atoms with Crippen LogP contribution in [0.4, 0.5) is 5.95 Å². The fourth-order valence-corrected chi connectivity index (χ4v) is 4.18. The highest BCUT2D eigenvalue weighted by molar-refractivity contribution is 7.99. The van der Waals surface area contributed by atoms with E-state index in [-0.39, 0.29) is 5.78 Å². The van der Waals surface area contributed by atoms with Crippen LogP contribution in [0, 0.1) is 5.92 Å². The highest BCUT2D eigenvalue weighted by Crippen LogP contribution is 2.41. The number of aromatic nitrogens is 3. The first-order valence-electron chi connectivity index (χ1n) is 9.13. The van der Waals surface area contributed by atoms with Crippen molar-refractivity contribution in [2.75, 3.05) is 23.7 Å². The summed E-state index contributed by atoms with van der Waals surface area (Å²) in [7, 11) is 0. The number of piperidine rings is 1. The van der Waals surface area contributed by atoms with E-state index < -0.39 is 0 Å². The van der Waals surface area contributed by atoms with Crippen molar-refractivity contribution in [1.29, 1.82) is 0 Å². The summed E-state index contributed by atoms with van der Waals surface area (Å²) in [5, 5.41) is 9.79. The second-order valence-corrected chi connectivity index (χ2v) is 8.07. The topological polar surface area (TPSA) is 51.0 Å². The summed E-state index contributed by atoms with van der Waals surface area (Å²) in [5.41, 5.74) is 0.762. The van der Waals surface area contributed by atoms with E-state index in [1.165, 1.54) is 37.4 Å². The van der Waals surface area contributed by atoms with Crippen molar-refractivity contribution in [2.24, 2.45) is 5.92 Å². The summed E-state index contributed by atoms with van der Waals surface area (Å²) in [6.45, 7) is 4.43. The van der Waals surface area contributed by atoms with Crippen LogP contribution in [0.3, 0.4) is 0 Å². The molecule has 2 aromatic rings. The van der Waals surface area contributed by atoms with E-state index in [0.29, 0.717) is 11.8 Å². The van der Waals surface area contributed by atoms with Gasteiger partial charge in [-0.3, -0.25) is 9.36 Å². The molecule has 1 saturated heterocycles. The molecule has 2 fully saturated rings. The molecule has 0 unspecified atom stereocenters. The number of hydrogen-bond acceptors (Lipinski definition) is 5. The van der Waals surface area contributed by atoms with Crippen molar-refractivity contribution >= 4 is 23.5 Å². The lowest BCUT2D eigenvalue weighted by Gasteiger charge is -2.31. The van der Waals surface area contributed by atoms with Crippen molar-refractivity contribution in [1.82, 2.24) is 14.8 Å². The van der Waals surface area contributed by atoms with E-state index in [2.05, 4.69) is 26.6 Å². The molecule has 1 aliphatic carbocycles. The Bertz CT molecular complexity index is 733. The molecule has 0 N–H and O–H groups in total. The SMILES string of the molecule is CC1CCN(c2nnc(SCC(=O)c3ccccc3)n2C2CC2)CC1. The smallest absolute Gasteiger partial charge is 0.228 e. The Hall–Kier alpha value is -1.82. The number of carbonyl (C=O) groups is 1. The minimum atomic E-state index is 0.143. The van der Waals surface area contributed by atoms with Gasteiger partial charge in [0.25, 0.3) is 0 Å². The van der Waals surface area contributed by atoms with Crippen molar-refractivity contribution in [3.05, 3.63) is 35.9 Å². The summed E-state index contributed by atoms with van der Waals surface area (Å²) in [4.78, 5) is 14.7. The number of thioether (sulfide) groups is 1. The molecular formula is C19H24N4OS. The minimum absolute atomic E-state index is 0.143. The van der Waals surface area contributed by atoms with Crippen LogP contribution in [0.15, 0.2) is 35.5 Å². The number of Topliss-reactive ketones (excluding diaryl/α,β-unsaturated/α-hetero) is 1. The zero-order valence-electron chi connectivity index (χ0n) is 14.6. The predicted molar refractivity (Wildman–Crippen MR) is 100 cm³/mol. The monoisotopic (exact) mass is 356 g/mol. The Morgan fingerprint density at radius 1 is 1.12 bits per heavy atom. The maximum absolute atomic E-state index is 12.4. The largest absolute Gasteiger partial charge is 0.341 e. The van der Waals surface area contributed by atoms with Crippen LogP contribution in [-0.4, -0.2) is 39.4 Å². The number of anilines is 1. The first-order chi connectivity index (χ1) is 12.2. The number of carbonyl (C=O) groups excluding carboxylic acids is 1. The first kappa shape index (κ1) is 16.6. The summed E-state index contributed by atoms with van der Waals surface area (Å²) in [6, 6.07) is 9.99. The standard InChI is InChI=1S/C19H24N4OS/c1-14-9-11-22(12-10-14)18-20-21-19(23(18)16-7-8-16)25-13-17(24)15-5-3-2-4-6-15/h2-6,14,16H,7-13H2,1H3. The van der Waals surface area contributed by atoms with Gasteiger partial charge in [-0.2, -0.15) is 0 Å². The van der Waals surface area contributed by atoms with Crippen LogP contribution in [0.1, 0.15) is 49.0 Å². The van der Waals surface area contributed by atoms with E-state index in [1.807, 2.05) is 30.3 Å². The molecule has 132 valence electrons. The van der Waals surface area contributed by atoms with Crippen molar-refractivity contribution < 1.29 is 4.79 Å². The van der Waals surface area contributed by atoms with Crippen molar-refractivity contribution in [3.63, 3.8) is 0 Å². The molecule has 6 heteroatoms. The number of benzene rings is 1. The molecule has 2 heterocycles. The minimum Gasteiger partial charge on any atom is -0.341 e. The lowest BCUT2D eigenvalue weighted by Crippen LogP contribution is -2.34. The quantitative estimate of drug-likeness (QED) is 0.582. The van der Waals surface area contributed by atoms with Gasteiger partial charge >= 0.3 is 0 Å². The van der Waals surface area contributed by atoms with Gasteiger partial charge in [-0.05, 0) is 31.6 Å². The lowest BCUT2D eigenvalue weighted by molar-refractivity contribution is 0.102. The van der Waals surface area contributed by atoms with Gasteiger partial charge in [-0.25, -0.2) is 0 Å². The molecule has 5 nitrogen and oxygen atoms in total. The summed E-state index contributed by atoms with van der Waals surface area (Å²) in [6.07, 6.45) is 4.81. The van der Waals surface area contributed by atoms with Gasteiger partial charge in [-0.1, -0.05) is 49.0 Å². The molecule has 0 spiro atoms. The van der Waals surface area contributed by atoms with Gasteiger partial charge < -0.3 is 4.90 Å². The van der Waals surface area contributed by atoms with Crippen LogP contribution in [0.5, 0.6) is 0 Å². The predicted octanol–water partition coefficient (Wildman–Crippen LogP) is 3.82. The van der Waals surface area contributed by atoms with E-state index in [0.717, 1.165) is 35.7 Å². The Kier molecular flexibility index (Phi) is 4.79. The first-order valence-corrected chi connectivity index (χ1v) is 10.1. The van der Waals surface area contributed by atoms with Crippen LogP contribution < -0.4 is 4.90 Å². The van der Waals surface area contributed by atoms with E-state index in [9.17, 15) is 4.79 Å². The van der Waals surface area contributed by atoms with Crippen LogP contribution in [0.25, 0.3) is 0 Å². The average Bonchev–Trinajstić information content (AvgIpc) is 3.40. The van der Waals surface area contributed by atoms with Crippen LogP contribution in [-0.2, 0) is 0 Å². The Morgan fingerprint density at radius 3 is 2.52 bits per heavy atom. The molecule has 0 bridgehead atoms. The third-order valence-electron chi connectivity index (χ3n) is 5.05. The fourth-order valence-electron chi connectivity index (χ4n) is 3.28. The molecule has 1 aromatic heterocycles. The van der Waals surface area contributed by atoms with E-state index >= 15 is 0 Å². The molecule has 4 rings (SSSR count). The van der Waals surface area contributed by atoms with Gasteiger partial charge in [0.05, 0.1) is 5.75 Å². The van der Waals surface area contributed by atoms with Gasteiger partial charge in [0.15, 0.2) is 10.9 Å². The number of hydrogen-bond donors (Lipinski definition) is 0. The normalized spacial score (nSPS) is 18.5. The van der Waals surface area contributed by atoms with Gasteiger partial charge in [0, 0.05) is 24.7 Å². The maximum atomic E-state index is 12.4. The molecule has 0 atom stereocenters. The van der Waals surface area contributed by atoms with E-state index in [1.54, 1.807) is 0 Å². The second-order valence-electron chi connectivity index (χ2n) is 7.13. The molecule has 0 amide bonds. The molecule has 25 heavy (non-hydrogen) atoms. The average molecular weight is 356 g/mol. The third-order valence-corrected chi connectivity index (χ3v) is 6.00. The second kappa shape index (κ2) is 7.20. The summed E-state index contributed by atoms with van der Waals surface area (Å²) < 4.78 is 2.28. The Balaban J connectivity index is 1.48. The van der Waals surface area contributed by atoms with Gasteiger partial charge in [0.1, 0.15) is 0 Å². The Morgan fingerprint density at radius 2 is 1.84 bits per heavy atom. The molecule has 1 saturated carbocycles. The third kappa shape index (κ3) is 3.73. The van der Waals surface area contributed by atoms with Crippen molar-refractivity contribution in [2.45, 2.75) is 43.8 Å². The summed E-state index contributed by atoms with van der Waals surface area (Å²) in [5.74, 6) is 2.35. The molecule has 1 aliphatic heterocycles. The summed E-state index contributed by atoms with van der Waals surface area (Å²) >= 11 is 1.52. The molecule has 0 radical (unpaired) electrons. The van der Waals surface area contributed by atoms with Gasteiger partial charge in [-0.15, -0.1) is 10.2 Å².